The van der Waals surface area contributed by atoms with E-state index in [0.717, 1.165) is 19.5 Å². The van der Waals surface area contributed by atoms with Crippen LogP contribution in [0.4, 0.5) is 0 Å². The van der Waals surface area contributed by atoms with Crippen molar-refractivity contribution >= 4 is 11.9 Å². The predicted octanol–water partition coefficient (Wildman–Crippen LogP) is 0.162. The fraction of sp³-hybridized carbons (Fsp3) is 0.750. The van der Waals surface area contributed by atoms with Crippen molar-refractivity contribution in [3.63, 3.8) is 0 Å². The van der Waals surface area contributed by atoms with E-state index in [1.807, 2.05) is 0 Å². The van der Waals surface area contributed by atoms with Crippen LogP contribution in [0.3, 0.4) is 0 Å². The van der Waals surface area contributed by atoms with Crippen molar-refractivity contribution in [3.05, 3.63) is 11.9 Å². The first-order chi connectivity index (χ1) is 11.9. The summed E-state index contributed by atoms with van der Waals surface area (Å²) in [5, 5.41) is 20.4. The van der Waals surface area contributed by atoms with Gasteiger partial charge in [-0.3, -0.25) is 9.59 Å². The Morgan fingerprint density at radius 3 is 2.64 bits per heavy atom. The number of piperazine rings is 1. The van der Waals surface area contributed by atoms with Crippen molar-refractivity contribution in [1.29, 1.82) is 0 Å². The molecule has 0 radical (unpaired) electrons. The maximum absolute atomic E-state index is 12.9. The van der Waals surface area contributed by atoms with Gasteiger partial charge in [-0.15, -0.1) is 5.10 Å². The number of carboxylic acids is 1. The summed E-state index contributed by atoms with van der Waals surface area (Å²) in [5.41, 5.74) is 6.76. The molecule has 1 unspecified atom stereocenters. The van der Waals surface area contributed by atoms with Crippen LogP contribution in [0.2, 0.25) is 0 Å². The van der Waals surface area contributed by atoms with Crippen LogP contribution in [0.5, 0.6) is 0 Å². The molecule has 1 fully saturated rings. The SMILES string of the molecule is CC(C)C[C@H](N)c1cn(C(CCC(=O)O)C(=O)N2CCNCC2)nn1. The lowest BCUT2D eigenvalue weighted by Crippen LogP contribution is -2.48. The molecule has 0 bridgehead atoms. The van der Waals surface area contributed by atoms with Gasteiger partial charge in [-0.05, 0) is 18.8 Å². The van der Waals surface area contributed by atoms with Crippen LogP contribution in [0.15, 0.2) is 6.20 Å². The van der Waals surface area contributed by atoms with Crippen molar-refractivity contribution in [2.45, 2.75) is 45.2 Å². The molecule has 0 aromatic carbocycles. The Kier molecular flexibility index (Phi) is 6.89. The van der Waals surface area contributed by atoms with Gasteiger partial charge in [0.15, 0.2) is 0 Å². The van der Waals surface area contributed by atoms with E-state index < -0.39 is 12.0 Å². The Morgan fingerprint density at radius 2 is 2.04 bits per heavy atom. The van der Waals surface area contributed by atoms with Gasteiger partial charge in [0.2, 0.25) is 5.91 Å². The highest BCUT2D eigenvalue weighted by molar-refractivity contribution is 5.81. The fourth-order valence-corrected chi connectivity index (χ4v) is 2.97. The molecule has 2 atom stereocenters. The Labute approximate surface area is 147 Å². The second kappa shape index (κ2) is 8.91. The van der Waals surface area contributed by atoms with E-state index in [1.54, 1.807) is 11.1 Å². The standard InChI is InChI=1S/C16H28N6O3/c1-11(2)9-12(17)13-10-22(20-19-13)14(3-4-15(23)24)16(25)21-7-5-18-6-8-21/h10-12,14,18H,3-9,17H2,1-2H3,(H,23,24)/t12-,14?/m0/s1. The first-order valence-electron chi connectivity index (χ1n) is 8.77. The molecule has 25 heavy (non-hydrogen) atoms. The minimum absolute atomic E-state index is 0.101. The summed E-state index contributed by atoms with van der Waals surface area (Å²) in [5.74, 6) is -0.628. The van der Waals surface area contributed by atoms with Gasteiger partial charge in [0, 0.05) is 32.6 Å². The molecule has 4 N–H and O–H groups in total. The quantitative estimate of drug-likeness (QED) is 0.608. The zero-order valence-electron chi connectivity index (χ0n) is 14.9. The second-order valence-electron chi connectivity index (χ2n) is 6.88. The van der Waals surface area contributed by atoms with Crippen LogP contribution < -0.4 is 11.1 Å². The number of aromatic nitrogens is 3. The van der Waals surface area contributed by atoms with Crippen molar-refractivity contribution < 1.29 is 14.7 Å². The van der Waals surface area contributed by atoms with Crippen LogP contribution in [0, 0.1) is 5.92 Å². The topological polar surface area (TPSA) is 126 Å². The first-order valence-corrected chi connectivity index (χ1v) is 8.77. The molecule has 9 nitrogen and oxygen atoms in total. The van der Waals surface area contributed by atoms with Gasteiger partial charge in [0.05, 0.1) is 17.9 Å². The highest BCUT2D eigenvalue weighted by Gasteiger charge is 2.29. The summed E-state index contributed by atoms with van der Waals surface area (Å²) in [6.07, 6.45) is 2.53. The maximum Gasteiger partial charge on any atom is 0.303 e. The number of hydrogen-bond acceptors (Lipinski definition) is 6. The number of carbonyl (C=O) groups is 2. The third kappa shape index (κ3) is 5.50. The number of nitrogens with two attached hydrogens (primary N) is 1. The Balaban J connectivity index is 2.15. The van der Waals surface area contributed by atoms with E-state index >= 15 is 0 Å². The smallest absolute Gasteiger partial charge is 0.303 e. The molecule has 1 aromatic rings. The van der Waals surface area contributed by atoms with Crippen molar-refractivity contribution in [2.75, 3.05) is 26.2 Å². The molecule has 1 saturated heterocycles. The van der Waals surface area contributed by atoms with Crippen LogP contribution in [0.1, 0.15) is 50.9 Å². The molecule has 0 saturated carbocycles. The molecular weight excluding hydrogens is 324 g/mol. The number of nitrogens with one attached hydrogen (secondary N) is 1. The van der Waals surface area contributed by atoms with Gasteiger partial charge < -0.3 is 21.1 Å². The van der Waals surface area contributed by atoms with Crippen LogP contribution in [-0.2, 0) is 9.59 Å². The molecule has 9 heteroatoms. The Hall–Kier alpha value is -2.00. The van der Waals surface area contributed by atoms with Crippen molar-refractivity contribution in [3.8, 4) is 0 Å². The maximum atomic E-state index is 12.9. The lowest BCUT2D eigenvalue weighted by Gasteiger charge is -2.30. The van der Waals surface area contributed by atoms with Crippen LogP contribution in [-0.4, -0.2) is 63.1 Å². The predicted molar refractivity (Wildman–Crippen MR) is 91.8 cm³/mol. The Bertz CT molecular complexity index is 582. The van der Waals surface area contributed by atoms with E-state index in [2.05, 4.69) is 29.5 Å². The highest BCUT2D eigenvalue weighted by Crippen LogP contribution is 2.21. The monoisotopic (exact) mass is 352 g/mol. The molecule has 1 aliphatic rings. The van der Waals surface area contributed by atoms with E-state index in [1.165, 1.54) is 4.68 Å². The summed E-state index contributed by atoms with van der Waals surface area (Å²) >= 11 is 0. The van der Waals surface area contributed by atoms with Gasteiger partial charge in [0.1, 0.15) is 6.04 Å². The third-order valence-electron chi connectivity index (χ3n) is 4.30. The van der Waals surface area contributed by atoms with E-state index in [9.17, 15) is 9.59 Å². The zero-order valence-corrected chi connectivity index (χ0v) is 14.9. The first kappa shape index (κ1) is 19.3. The van der Waals surface area contributed by atoms with Gasteiger partial charge >= 0.3 is 5.97 Å². The fourth-order valence-electron chi connectivity index (χ4n) is 2.97. The molecule has 1 aliphatic heterocycles. The summed E-state index contributed by atoms with van der Waals surface area (Å²) < 4.78 is 1.48. The number of amides is 1. The highest BCUT2D eigenvalue weighted by atomic mass is 16.4. The zero-order chi connectivity index (χ0) is 18.4. The van der Waals surface area contributed by atoms with E-state index in [0.29, 0.717) is 24.7 Å². The average molecular weight is 352 g/mol. The van der Waals surface area contributed by atoms with Gasteiger partial charge in [-0.2, -0.15) is 0 Å². The number of rotatable bonds is 8. The minimum atomic E-state index is -0.935. The second-order valence-corrected chi connectivity index (χ2v) is 6.88. The average Bonchev–Trinajstić information content (AvgIpc) is 3.04. The molecule has 1 aromatic heterocycles. The number of hydrogen-bond donors (Lipinski definition) is 3. The van der Waals surface area contributed by atoms with Gasteiger partial charge in [-0.1, -0.05) is 19.1 Å². The van der Waals surface area contributed by atoms with E-state index in [-0.39, 0.29) is 24.8 Å². The Morgan fingerprint density at radius 1 is 1.36 bits per heavy atom. The molecular formula is C16H28N6O3. The summed E-state index contributed by atoms with van der Waals surface area (Å²) in [4.78, 5) is 25.6. The largest absolute Gasteiger partial charge is 0.481 e. The summed E-state index contributed by atoms with van der Waals surface area (Å²) in [6.45, 7) is 6.84. The number of carboxylic acid groups (broad SMARTS) is 1. The van der Waals surface area contributed by atoms with E-state index in [4.69, 9.17) is 10.8 Å². The van der Waals surface area contributed by atoms with Gasteiger partial charge in [-0.25, -0.2) is 4.68 Å². The lowest BCUT2D eigenvalue weighted by molar-refractivity contribution is -0.139. The molecule has 0 spiro atoms. The molecule has 0 aliphatic carbocycles. The van der Waals surface area contributed by atoms with Crippen LogP contribution >= 0.6 is 0 Å². The number of aliphatic carboxylic acids is 1. The molecule has 140 valence electrons. The summed E-state index contributed by atoms with van der Waals surface area (Å²) in [6, 6.07) is -0.912. The minimum Gasteiger partial charge on any atom is -0.481 e. The normalized spacial score (nSPS) is 17.5. The molecule has 2 rings (SSSR count). The number of nitrogens with zero attached hydrogens (tertiary/aromatic N) is 4. The molecule has 1 amide bonds. The lowest BCUT2D eigenvalue weighted by atomic mass is 10.0. The molecule has 2 heterocycles. The third-order valence-corrected chi connectivity index (χ3v) is 4.30. The van der Waals surface area contributed by atoms with Crippen LogP contribution in [0.25, 0.3) is 0 Å². The number of carbonyl (C=O) groups excluding carboxylic acids is 1. The summed E-state index contributed by atoms with van der Waals surface area (Å²) in [7, 11) is 0. The van der Waals surface area contributed by atoms with Crippen molar-refractivity contribution in [1.82, 2.24) is 25.2 Å². The van der Waals surface area contributed by atoms with Gasteiger partial charge in [0.25, 0.3) is 0 Å². The van der Waals surface area contributed by atoms with Crippen molar-refractivity contribution in [2.24, 2.45) is 11.7 Å².